The zero-order chi connectivity index (χ0) is 17.7. The van der Waals surface area contributed by atoms with Crippen LogP contribution in [0.2, 0.25) is 0 Å². The molecule has 2 aromatic carbocycles. The molecule has 1 aliphatic carbocycles. The molecule has 1 saturated carbocycles. The second-order valence-electron chi connectivity index (χ2n) is 7.03. The van der Waals surface area contributed by atoms with E-state index < -0.39 is 0 Å². The molecule has 0 bridgehead atoms. The van der Waals surface area contributed by atoms with E-state index in [0.29, 0.717) is 13.2 Å². The molecule has 0 saturated heterocycles. The SMILES string of the molecule is Cc1ccc(OCCNC(=O)C2(c3ccccc3)CCCC2)c(C)c1. The summed E-state index contributed by atoms with van der Waals surface area (Å²) in [4.78, 5) is 12.9. The molecule has 0 aliphatic heterocycles. The summed E-state index contributed by atoms with van der Waals surface area (Å²) in [5.41, 5.74) is 3.13. The van der Waals surface area contributed by atoms with E-state index in [0.717, 1.165) is 42.6 Å². The van der Waals surface area contributed by atoms with E-state index in [-0.39, 0.29) is 11.3 Å². The molecule has 3 heteroatoms. The third kappa shape index (κ3) is 3.87. The monoisotopic (exact) mass is 337 g/mol. The fraction of sp³-hybridized carbons (Fsp3) is 0.409. The molecule has 0 unspecified atom stereocenters. The fourth-order valence-electron chi connectivity index (χ4n) is 3.84. The Morgan fingerprint density at radius 3 is 2.48 bits per heavy atom. The van der Waals surface area contributed by atoms with Gasteiger partial charge in [0.25, 0.3) is 0 Å². The molecule has 0 spiro atoms. The molecule has 1 fully saturated rings. The smallest absolute Gasteiger partial charge is 0.230 e. The number of rotatable bonds is 6. The zero-order valence-electron chi connectivity index (χ0n) is 15.2. The Bertz CT molecular complexity index is 718. The van der Waals surface area contributed by atoms with Gasteiger partial charge in [-0.05, 0) is 43.9 Å². The molecule has 1 aliphatic rings. The van der Waals surface area contributed by atoms with Crippen LogP contribution < -0.4 is 10.1 Å². The van der Waals surface area contributed by atoms with Crippen LogP contribution in [-0.4, -0.2) is 19.1 Å². The molecule has 3 rings (SSSR count). The Balaban J connectivity index is 1.58. The van der Waals surface area contributed by atoms with Crippen LogP contribution in [0.25, 0.3) is 0 Å². The van der Waals surface area contributed by atoms with Gasteiger partial charge in [-0.2, -0.15) is 0 Å². The topological polar surface area (TPSA) is 38.3 Å². The van der Waals surface area contributed by atoms with Crippen molar-refractivity contribution in [1.29, 1.82) is 0 Å². The Morgan fingerprint density at radius 1 is 1.08 bits per heavy atom. The van der Waals surface area contributed by atoms with E-state index in [2.05, 4.69) is 30.4 Å². The van der Waals surface area contributed by atoms with Crippen LogP contribution in [0, 0.1) is 13.8 Å². The summed E-state index contributed by atoms with van der Waals surface area (Å²) in [7, 11) is 0. The van der Waals surface area contributed by atoms with Crippen LogP contribution in [0.3, 0.4) is 0 Å². The molecule has 0 aromatic heterocycles. The average Bonchev–Trinajstić information content (AvgIpc) is 3.12. The quantitative estimate of drug-likeness (QED) is 0.798. The molecule has 1 N–H and O–H groups in total. The molecule has 132 valence electrons. The van der Waals surface area contributed by atoms with Gasteiger partial charge in [-0.1, -0.05) is 60.9 Å². The molecule has 25 heavy (non-hydrogen) atoms. The Hall–Kier alpha value is -2.29. The number of hydrogen-bond donors (Lipinski definition) is 1. The van der Waals surface area contributed by atoms with Gasteiger partial charge in [-0.3, -0.25) is 4.79 Å². The lowest BCUT2D eigenvalue weighted by Gasteiger charge is -2.28. The van der Waals surface area contributed by atoms with Crippen LogP contribution in [0.15, 0.2) is 48.5 Å². The third-order valence-electron chi connectivity index (χ3n) is 5.19. The summed E-state index contributed by atoms with van der Waals surface area (Å²) < 4.78 is 5.83. The molecular weight excluding hydrogens is 310 g/mol. The maximum atomic E-state index is 12.9. The molecule has 0 radical (unpaired) electrons. The normalized spacial score (nSPS) is 15.8. The summed E-state index contributed by atoms with van der Waals surface area (Å²) in [6, 6.07) is 16.4. The highest BCUT2D eigenvalue weighted by Gasteiger charge is 2.42. The molecule has 0 heterocycles. The van der Waals surface area contributed by atoms with Crippen LogP contribution in [0.1, 0.15) is 42.4 Å². The van der Waals surface area contributed by atoms with E-state index >= 15 is 0 Å². The Morgan fingerprint density at radius 2 is 1.80 bits per heavy atom. The predicted octanol–water partition coefficient (Wildman–Crippen LogP) is 4.31. The molecule has 2 aromatic rings. The van der Waals surface area contributed by atoms with Gasteiger partial charge in [0.15, 0.2) is 0 Å². The van der Waals surface area contributed by atoms with Crippen molar-refractivity contribution in [1.82, 2.24) is 5.32 Å². The van der Waals surface area contributed by atoms with Crippen LogP contribution in [-0.2, 0) is 10.2 Å². The highest BCUT2D eigenvalue weighted by molar-refractivity contribution is 5.88. The first kappa shape index (κ1) is 17.5. The summed E-state index contributed by atoms with van der Waals surface area (Å²) in [5.74, 6) is 1.03. The van der Waals surface area contributed by atoms with Crippen molar-refractivity contribution in [2.24, 2.45) is 0 Å². The maximum Gasteiger partial charge on any atom is 0.230 e. The third-order valence-corrected chi connectivity index (χ3v) is 5.19. The number of hydrogen-bond acceptors (Lipinski definition) is 2. The molecular formula is C22H27NO2. The Kier molecular flexibility index (Phi) is 5.42. The van der Waals surface area contributed by atoms with Crippen LogP contribution >= 0.6 is 0 Å². The minimum Gasteiger partial charge on any atom is -0.491 e. The number of ether oxygens (including phenoxy) is 1. The lowest BCUT2D eigenvalue weighted by molar-refractivity contribution is -0.126. The number of nitrogens with one attached hydrogen (secondary N) is 1. The van der Waals surface area contributed by atoms with Crippen LogP contribution in [0.5, 0.6) is 5.75 Å². The van der Waals surface area contributed by atoms with Gasteiger partial charge in [0.1, 0.15) is 12.4 Å². The predicted molar refractivity (Wildman–Crippen MR) is 101 cm³/mol. The first-order valence-corrected chi connectivity index (χ1v) is 9.16. The average molecular weight is 337 g/mol. The van der Waals surface area contributed by atoms with E-state index in [1.54, 1.807) is 0 Å². The van der Waals surface area contributed by atoms with Gasteiger partial charge >= 0.3 is 0 Å². The minimum atomic E-state index is -0.360. The highest BCUT2D eigenvalue weighted by Crippen LogP contribution is 2.41. The van der Waals surface area contributed by atoms with Gasteiger partial charge in [-0.25, -0.2) is 0 Å². The summed E-state index contributed by atoms with van der Waals surface area (Å²) in [6.07, 6.45) is 4.09. The second-order valence-corrected chi connectivity index (χ2v) is 7.03. The van der Waals surface area contributed by atoms with E-state index in [4.69, 9.17) is 4.74 Å². The highest BCUT2D eigenvalue weighted by atomic mass is 16.5. The first-order chi connectivity index (χ1) is 12.1. The van der Waals surface area contributed by atoms with E-state index in [9.17, 15) is 4.79 Å². The Labute approximate surface area is 150 Å². The molecule has 1 amide bonds. The number of carbonyl (C=O) groups is 1. The van der Waals surface area contributed by atoms with Crippen molar-refractivity contribution in [3.05, 3.63) is 65.2 Å². The number of carbonyl (C=O) groups excluding carboxylic acids is 1. The largest absolute Gasteiger partial charge is 0.491 e. The lowest BCUT2D eigenvalue weighted by Crippen LogP contribution is -2.44. The fourth-order valence-corrected chi connectivity index (χ4v) is 3.84. The van der Waals surface area contributed by atoms with Gasteiger partial charge in [0.2, 0.25) is 5.91 Å². The van der Waals surface area contributed by atoms with E-state index in [1.165, 1.54) is 5.56 Å². The van der Waals surface area contributed by atoms with Crippen molar-refractivity contribution in [2.75, 3.05) is 13.2 Å². The van der Waals surface area contributed by atoms with Crippen molar-refractivity contribution in [3.8, 4) is 5.75 Å². The first-order valence-electron chi connectivity index (χ1n) is 9.16. The van der Waals surface area contributed by atoms with Gasteiger partial charge < -0.3 is 10.1 Å². The van der Waals surface area contributed by atoms with Crippen LogP contribution in [0.4, 0.5) is 0 Å². The van der Waals surface area contributed by atoms with Crippen molar-refractivity contribution in [3.63, 3.8) is 0 Å². The van der Waals surface area contributed by atoms with Gasteiger partial charge in [-0.15, -0.1) is 0 Å². The number of amides is 1. The molecule has 0 atom stereocenters. The van der Waals surface area contributed by atoms with E-state index in [1.807, 2.05) is 37.3 Å². The maximum absolute atomic E-state index is 12.9. The van der Waals surface area contributed by atoms with Crippen molar-refractivity contribution >= 4 is 5.91 Å². The second kappa shape index (κ2) is 7.73. The summed E-state index contributed by atoms with van der Waals surface area (Å²) in [6.45, 7) is 5.13. The summed E-state index contributed by atoms with van der Waals surface area (Å²) >= 11 is 0. The minimum absolute atomic E-state index is 0.139. The summed E-state index contributed by atoms with van der Waals surface area (Å²) in [5, 5.41) is 3.10. The van der Waals surface area contributed by atoms with Gasteiger partial charge in [0, 0.05) is 0 Å². The van der Waals surface area contributed by atoms with Crippen molar-refractivity contribution in [2.45, 2.75) is 44.9 Å². The van der Waals surface area contributed by atoms with Gasteiger partial charge in [0.05, 0.1) is 12.0 Å². The molecule has 3 nitrogen and oxygen atoms in total. The zero-order valence-corrected chi connectivity index (χ0v) is 15.2. The van der Waals surface area contributed by atoms with Crippen molar-refractivity contribution < 1.29 is 9.53 Å². The number of benzene rings is 2. The standard InChI is InChI=1S/C22H27NO2/c1-17-10-11-20(18(2)16-17)25-15-14-23-21(24)22(12-6-7-13-22)19-8-4-3-5-9-19/h3-5,8-11,16H,6-7,12-15H2,1-2H3,(H,23,24). The lowest BCUT2D eigenvalue weighted by atomic mass is 9.78. The number of aryl methyl sites for hydroxylation is 2.